The number of para-hydroxylation sites is 2. The van der Waals surface area contributed by atoms with Crippen LogP contribution < -0.4 is 10.2 Å². The Morgan fingerprint density at radius 3 is 2.46 bits per heavy atom. The number of fused-ring (bicyclic) bond motifs is 1. The van der Waals surface area contributed by atoms with Crippen LogP contribution >= 0.6 is 0 Å². The number of furan rings is 1. The van der Waals surface area contributed by atoms with Crippen molar-refractivity contribution in [1.29, 1.82) is 0 Å². The summed E-state index contributed by atoms with van der Waals surface area (Å²) in [5.41, 5.74) is 3.90. The highest BCUT2D eigenvalue weighted by atomic mass is 16.3. The Morgan fingerprint density at radius 2 is 1.77 bits per heavy atom. The fourth-order valence-corrected chi connectivity index (χ4v) is 4.22. The van der Waals surface area contributed by atoms with E-state index in [1.54, 1.807) is 21.7 Å². The quantitative estimate of drug-likeness (QED) is 0.384. The molecule has 182 valence electrons. The molecule has 0 unspecified atom stereocenters. The Balaban J connectivity index is 1.77. The maximum atomic E-state index is 14.0. The number of carbonyl (C=O) groups excluding carboxylic acids is 2. The number of aryl methyl sites for hydroxylation is 2. The van der Waals surface area contributed by atoms with Crippen LogP contribution in [-0.4, -0.2) is 33.4 Å². The molecule has 0 saturated heterocycles. The SMILES string of the molecule is Cc1cccc(C)c1N(C(=O)Cn1nnc2ccccc21)[C@@H](C(=O)NCCC(C)C)c1ccco1. The summed E-state index contributed by atoms with van der Waals surface area (Å²) in [4.78, 5) is 29.1. The standard InChI is InChI=1S/C27H31N5O3/c1-18(2)14-15-28-27(34)26(23-13-8-16-35-23)32(25-19(3)9-7-10-20(25)4)24(33)17-31-22-12-6-5-11-21(22)29-30-31/h5-13,16,18,26H,14-15,17H2,1-4H3,(H,28,34)/t26-/m1/s1. The van der Waals surface area contributed by atoms with Crippen molar-refractivity contribution >= 4 is 28.5 Å². The third-order valence-corrected chi connectivity index (χ3v) is 5.99. The molecule has 2 amide bonds. The van der Waals surface area contributed by atoms with Gasteiger partial charge in [-0.15, -0.1) is 5.10 Å². The molecule has 0 bridgehead atoms. The molecule has 2 aromatic heterocycles. The normalized spacial score (nSPS) is 12.1. The van der Waals surface area contributed by atoms with Gasteiger partial charge in [-0.05, 0) is 61.6 Å². The van der Waals surface area contributed by atoms with Gasteiger partial charge in [0.25, 0.3) is 5.91 Å². The van der Waals surface area contributed by atoms with Crippen LogP contribution in [0, 0.1) is 19.8 Å². The van der Waals surface area contributed by atoms with E-state index in [1.807, 2.05) is 56.3 Å². The van der Waals surface area contributed by atoms with E-state index >= 15 is 0 Å². The smallest absolute Gasteiger partial charge is 0.251 e. The lowest BCUT2D eigenvalue weighted by molar-refractivity contribution is -0.127. The zero-order chi connectivity index (χ0) is 24.9. The zero-order valence-corrected chi connectivity index (χ0v) is 20.6. The van der Waals surface area contributed by atoms with E-state index in [0.717, 1.165) is 23.1 Å². The number of anilines is 1. The molecule has 8 heteroatoms. The van der Waals surface area contributed by atoms with Gasteiger partial charge in [-0.25, -0.2) is 4.68 Å². The molecule has 2 aromatic carbocycles. The maximum Gasteiger partial charge on any atom is 0.251 e. The van der Waals surface area contributed by atoms with Crippen molar-refractivity contribution in [2.24, 2.45) is 5.92 Å². The first-order chi connectivity index (χ1) is 16.9. The zero-order valence-electron chi connectivity index (χ0n) is 20.6. The topological polar surface area (TPSA) is 93.3 Å². The van der Waals surface area contributed by atoms with Gasteiger partial charge in [-0.3, -0.25) is 14.5 Å². The Labute approximate surface area is 204 Å². The van der Waals surface area contributed by atoms with Gasteiger partial charge in [0.05, 0.1) is 17.5 Å². The second-order valence-electron chi connectivity index (χ2n) is 9.13. The molecule has 0 aliphatic heterocycles. The number of hydrogen-bond donors (Lipinski definition) is 1. The van der Waals surface area contributed by atoms with E-state index in [9.17, 15) is 9.59 Å². The van der Waals surface area contributed by atoms with Crippen LogP contribution in [0.1, 0.15) is 43.2 Å². The first-order valence-electron chi connectivity index (χ1n) is 11.8. The fraction of sp³-hybridized carbons (Fsp3) is 0.333. The monoisotopic (exact) mass is 473 g/mol. The molecule has 1 atom stereocenters. The van der Waals surface area contributed by atoms with Gasteiger partial charge in [-0.2, -0.15) is 0 Å². The van der Waals surface area contributed by atoms with Crippen LogP contribution in [0.3, 0.4) is 0 Å². The van der Waals surface area contributed by atoms with Gasteiger partial charge < -0.3 is 9.73 Å². The molecule has 0 radical (unpaired) electrons. The van der Waals surface area contributed by atoms with Crippen molar-refractivity contribution in [3.05, 3.63) is 77.7 Å². The van der Waals surface area contributed by atoms with Crippen molar-refractivity contribution in [2.75, 3.05) is 11.4 Å². The summed E-state index contributed by atoms with van der Waals surface area (Å²) >= 11 is 0. The number of carbonyl (C=O) groups is 2. The lowest BCUT2D eigenvalue weighted by Crippen LogP contribution is -2.46. The van der Waals surface area contributed by atoms with Crippen molar-refractivity contribution in [1.82, 2.24) is 20.3 Å². The minimum atomic E-state index is -0.973. The van der Waals surface area contributed by atoms with Crippen LogP contribution in [0.2, 0.25) is 0 Å². The fourth-order valence-electron chi connectivity index (χ4n) is 4.22. The molecule has 0 saturated carbocycles. The van der Waals surface area contributed by atoms with Crippen LogP contribution in [0.4, 0.5) is 5.69 Å². The number of rotatable bonds is 9. The molecule has 0 aliphatic carbocycles. The highest BCUT2D eigenvalue weighted by Crippen LogP contribution is 2.34. The number of nitrogens with one attached hydrogen (secondary N) is 1. The van der Waals surface area contributed by atoms with Gasteiger partial charge in [0.1, 0.15) is 17.8 Å². The second-order valence-corrected chi connectivity index (χ2v) is 9.13. The largest absolute Gasteiger partial charge is 0.467 e. The van der Waals surface area contributed by atoms with E-state index < -0.39 is 6.04 Å². The van der Waals surface area contributed by atoms with Crippen molar-refractivity contribution < 1.29 is 14.0 Å². The van der Waals surface area contributed by atoms with Gasteiger partial charge in [0.2, 0.25) is 5.91 Å². The third kappa shape index (κ3) is 5.26. The van der Waals surface area contributed by atoms with Crippen LogP contribution in [-0.2, 0) is 16.1 Å². The summed E-state index contributed by atoms with van der Waals surface area (Å²) in [6.45, 7) is 8.50. The average Bonchev–Trinajstić information content (AvgIpc) is 3.48. The summed E-state index contributed by atoms with van der Waals surface area (Å²) in [5, 5.41) is 11.4. The summed E-state index contributed by atoms with van der Waals surface area (Å²) in [5.74, 6) is 0.249. The highest BCUT2D eigenvalue weighted by Gasteiger charge is 2.36. The maximum absolute atomic E-state index is 14.0. The van der Waals surface area contributed by atoms with Gasteiger partial charge in [-0.1, -0.05) is 49.4 Å². The minimum Gasteiger partial charge on any atom is -0.467 e. The Hall–Kier alpha value is -3.94. The summed E-state index contributed by atoms with van der Waals surface area (Å²) < 4.78 is 7.26. The Morgan fingerprint density at radius 1 is 1.03 bits per heavy atom. The van der Waals surface area contributed by atoms with Crippen molar-refractivity contribution in [3.8, 4) is 0 Å². The first-order valence-corrected chi connectivity index (χ1v) is 11.8. The second kappa shape index (κ2) is 10.5. The number of hydrogen-bond acceptors (Lipinski definition) is 5. The number of benzene rings is 2. The molecule has 2 heterocycles. The lowest BCUT2D eigenvalue weighted by Gasteiger charge is -2.32. The minimum absolute atomic E-state index is 0.0786. The molecule has 0 aliphatic rings. The van der Waals surface area contributed by atoms with E-state index in [1.165, 1.54) is 6.26 Å². The number of nitrogens with zero attached hydrogens (tertiary/aromatic N) is 4. The van der Waals surface area contributed by atoms with Crippen molar-refractivity contribution in [2.45, 2.75) is 46.7 Å². The van der Waals surface area contributed by atoms with E-state index in [4.69, 9.17) is 4.42 Å². The molecule has 0 spiro atoms. The first kappa shape index (κ1) is 24.2. The lowest BCUT2D eigenvalue weighted by atomic mass is 10.0. The molecule has 4 rings (SSSR count). The molecule has 1 N–H and O–H groups in total. The summed E-state index contributed by atoms with van der Waals surface area (Å²) in [7, 11) is 0. The summed E-state index contributed by atoms with van der Waals surface area (Å²) in [6, 6.07) is 15.8. The molecular formula is C27H31N5O3. The van der Waals surface area contributed by atoms with Gasteiger partial charge in [0.15, 0.2) is 6.04 Å². The molecule has 4 aromatic rings. The molecule has 0 fully saturated rings. The van der Waals surface area contributed by atoms with Crippen LogP contribution in [0.15, 0.2) is 65.3 Å². The van der Waals surface area contributed by atoms with Crippen LogP contribution in [0.5, 0.6) is 0 Å². The predicted octanol–water partition coefficient (Wildman–Crippen LogP) is 4.58. The molecule has 35 heavy (non-hydrogen) atoms. The summed E-state index contributed by atoms with van der Waals surface area (Å²) in [6.07, 6.45) is 2.35. The molecule has 8 nitrogen and oxygen atoms in total. The van der Waals surface area contributed by atoms with Crippen molar-refractivity contribution in [3.63, 3.8) is 0 Å². The highest BCUT2D eigenvalue weighted by molar-refractivity contribution is 6.02. The Bertz CT molecular complexity index is 1290. The van der Waals surface area contributed by atoms with E-state index in [-0.39, 0.29) is 18.4 Å². The van der Waals surface area contributed by atoms with E-state index in [0.29, 0.717) is 29.4 Å². The van der Waals surface area contributed by atoms with E-state index in [2.05, 4.69) is 29.5 Å². The average molecular weight is 474 g/mol. The number of aromatic nitrogens is 3. The van der Waals surface area contributed by atoms with Gasteiger partial charge >= 0.3 is 0 Å². The Kier molecular flexibility index (Phi) is 7.29. The third-order valence-electron chi connectivity index (χ3n) is 5.99. The van der Waals surface area contributed by atoms with Gasteiger partial charge in [0, 0.05) is 6.54 Å². The van der Waals surface area contributed by atoms with Crippen LogP contribution in [0.25, 0.3) is 11.0 Å². The number of amides is 2. The molecular weight excluding hydrogens is 442 g/mol. The predicted molar refractivity (Wildman–Crippen MR) is 135 cm³/mol.